The van der Waals surface area contributed by atoms with Gasteiger partial charge < -0.3 is 19.9 Å². The molecule has 0 saturated carbocycles. The molecule has 0 saturated heterocycles. The second-order valence-electron chi connectivity index (χ2n) is 4.21. The lowest BCUT2D eigenvalue weighted by molar-refractivity contribution is -0.131. The molecule has 1 amide bonds. The van der Waals surface area contributed by atoms with Crippen LogP contribution in [-0.2, 0) is 16.1 Å². The highest BCUT2D eigenvalue weighted by Crippen LogP contribution is 2.12. The highest BCUT2D eigenvalue weighted by atomic mass is 16.5. The summed E-state index contributed by atoms with van der Waals surface area (Å²) in [6, 6.07) is 0. The van der Waals surface area contributed by atoms with E-state index in [9.17, 15) is 9.59 Å². The molecule has 7 nitrogen and oxygen atoms in total. The molecule has 0 aromatic carbocycles. The van der Waals surface area contributed by atoms with Crippen LogP contribution in [0, 0.1) is 0 Å². The monoisotopic (exact) mass is 282 g/mol. The van der Waals surface area contributed by atoms with E-state index in [0.717, 1.165) is 0 Å². The summed E-state index contributed by atoms with van der Waals surface area (Å²) in [7, 11) is 0. The number of aryl methyl sites for hydroxylation is 1. The van der Waals surface area contributed by atoms with Crippen molar-refractivity contribution in [2.45, 2.75) is 33.7 Å². The molecule has 1 rings (SSSR count). The summed E-state index contributed by atoms with van der Waals surface area (Å²) in [5.74, 6) is -0.254. The van der Waals surface area contributed by atoms with E-state index in [4.69, 9.17) is 10.5 Å². The normalized spacial score (nSPS) is 10.3. The maximum Gasteiger partial charge on any atom is 0.360 e. The number of carbonyl (C=O) groups excluding carboxylic acids is 2. The van der Waals surface area contributed by atoms with Crippen LogP contribution in [-0.4, -0.2) is 46.0 Å². The van der Waals surface area contributed by atoms with Crippen molar-refractivity contribution in [2.24, 2.45) is 0 Å². The summed E-state index contributed by atoms with van der Waals surface area (Å²) in [4.78, 5) is 29.1. The van der Waals surface area contributed by atoms with Crippen molar-refractivity contribution >= 4 is 17.7 Å². The Hall–Kier alpha value is -2.05. The van der Waals surface area contributed by atoms with Crippen molar-refractivity contribution < 1.29 is 14.3 Å². The lowest BCUT2D eigenvalue weighted by Crippen LogP contribution is -2.31. The van der Waals surface area contributed by atoms with Crippen LogP contribution in [0.3, 0.4) is 0 Å². The fourth-order valence-corrected chi connectivity index (χ4v) is 1.88. The maximum atomic E-state index is 11.9. The molecule has 0 aliphatic carbocycles. The quantitative estimate of drug-likeness (QED) is 0.750. The number of imidazole rings is 1. The van der Waals surface area contributed by atoms with Crippen molar-refractivity contribution in [1.82, 2.24) is 14.5 Å². The SMILES string of the molecule is CCOC(=O)c1ncn(CCC(=O)N(CC)CC)c1N. The van der Waals surface area contributed by atoms with Gasteiger partial charge >= 0.3 is 5.97 Å². The summed E-state index contributed by atoms with van der Waals surface area (Å²) in [6.45, 7) is 7.62. The molecule has 0 bridgehead atoms. The standard InChI is InChI=1S/C13H22N4O3/c1-4-16(5-2)10(18)7-8-17-9-15-11(12(17)14)13(19)20-6-3/h9H,4-8,14H2,1-3H3. The number of hydrogen-bond acceptors (Lipinski definition) is 5. The van der Waals surface area contributed by atoms with Crippen molar-refractivity contribution in [3.63, 3.8) is 0 Å². The molecule has 0 aliphatic rings. The number of amides is 1. The second kappa shape index (κ2) is 7.52. The van der Waals surface area contributed by atoms with Crippen molar-refractivity contribution in [1.29, 1.82) is 0 Å². The molecule has 1 aromatic rings. The number of nitrogen functional groups attached to an aromatic ring is 1. The van der Waals surface area contributed by atoms with Crippen LogP contribution in [0.5, 0.6) is 0 Å². The number of carbonyl (C=O) groups is 2. The number of esters is 1. The van der Waals surface area contributed by atoms with E-state index in [1.807, 2.05) is 13.8 Å². The zero-order valence-corrected chi connectivity index (χ0v) is 12.3. The first kappa shape index (κ1) is 16.0. The minimum atomic E-state index is -0.543. The molecule has 0 fully saturated rings. The fourth-order valence-electron chi connectivity index (χ4n) is 1.88. The number of nitrogens with zero attached hydrogens (tertiary/aromatic N) is 3. The Morgan fingerprint density at radius 2 is 2.00 bits per heavy atom. The van der Waals surface area contributed by atoms with Crippen LogP contribution in [0.1, 0.15) is 37.7 Å². The summed E-state index contributed by atoms with van der Waals surface area (Å²) in [6.07, 6.45) is 1.78. The van der Waals surface area contributed by atoms with Gasteiger partial charge in [0.05, 0.1) is 12.9 Å². The van der Waals surface area contributed by atoms with E-state index in [0.29, 0.717) is 26.1 Å². The third-order valence-corrected chi connectivity index (χ3v) is 3.03. The van der Waals surface area contributed by atoms with E-state index < -0.39 is 5.97 Å². The number of aromatic nitrogens is 2. The molecule has 0 atom stereocenters. The smallest absolute Gasteiger partial charge is 0.360 e. The van der Waals surface area contributed by atoms with E-state index in [2.05, 4.69) is 4.98 Å². The van der Waals surface area contributed by atoms with Gasteiger partial charge in [-0.3, -0.25) is 4.79 Å². The Balaban J connectivity index is 2.66. The zero-order valence-electron chi connectivity index (χ0n) is 12.3. The number of hydrogen-bond donors (Lipinski definition) is 1. The Kier molecular flexibility index (Phi) is 6.02. The van der Waals surface area contributed by atoms with Gasteiger partial charge in [-0.2, -0.15) is 0 Å². The lowest BCUT2D eigenvalue weighted by atomic mass is 10.3. The summed E-state index contributed by atoms with van der Waals surface area (Å²) < 4.78 is 6.44. The second-order valence-corrected chi connectivity index (χ2v) is 4.21. The van der Waals surface area contributed by atoms with Crippen LogP contribution in [0.15, 0.2) is 6.33 Å². The molecule has 0 aliphatic heterocycles. The van der Waals surface area contributed by atoms with Gasteiger partial charge in [0.2, 0.25) is 5.91 Å². The largest absolute Gasteiger partial charge is 0.461 e. The first-order chi connectivity index (χ1) is 9.54. The van der Waals surface area contributed by atoms with E-state index in [1.165, 1.54) is 6.33 Å². The third kappa shape index (κ3) is 3.72. The minimum Gasteiger partial charge on any atom is -0.461 e. The Bertz CT molecular complexity index is 466. The summed E-state index contributed by atoms with van der Waals surface area (Å²) in [5, 5.41) is 0. The van der Waals surface area contributed by atoms with Crippen molar-refractivity contribution in [2.75, 3.05) is 25.4 Å². The number of rotatable bonds is 7. The van der Waals surface area contributed by atoms with Gasteiger partial charge in [-0.15, -0.1) is 0 Å². The van der Waals surface area contributed by atoms with E-state index in [-0.39, 0.29) is 24.0 Å². The zero-order chi connectivity index (χ0) is 15.1. The molecular weight excluding hydrogens is 260 g/mol. The van der Waals surface area contributed by atoms with Crippen molar-refractivity contribution in [3.8, 4) is 0 Å². The predicted octanol–water partition coefficient (Wildman–Crippen LogP) is 0.900. The molecular formula is C13H22N4O3. The third-order valence-electron chi connectivity index (χ3n) is 3.03. The molecule has 0 radical (unpaired) electrons. The summed E-state index contributed by atoms with van der Waals surface area (Å²) >= 11 is 0. The molecule has 0 unspecified atom stereocenters. The number of anilines is 1. The van der Waals surface area contributed by atoms with Crippen molar-refractivity contribution in [3.05, 3.63) is 12.0 Å². The molecule has 1 heterocycles. The van der Waals surface area contributed by atoms with Gasteiger partial charge in [0.25, 0.3) is 0 Å². The molecule has 2 N–H and O–H groups in total. The first-order valence-electron chi connectivity index (χ1n) is 6.80. The molecule has 1 aromatic heterocycles. The van der Waals surface area contributed by atoms with Gasteiger partial charge in [-0.1, -0.05) is 0 Å². The molecule has 112 valence electrons. The number of nitrogens with two attached hydrogens (primary N) is 1. The highest BCUT2D eigenvalue weighted by Gasteiger charge is 2.17. The van der Waals surface area contributed by atoms with Crippen LogP contribution in [0.2, 0.25) is 0 Å². The van der Waals surface area contributed by atoms with Gasteiger partial charge in [0.15, 0.2) is 5.69 Å². The number of ether oxygens (including phenoxy) is 1. The van der Waals surface area contributed by atoms with E-state index >= 15 is 0 Å². The average Bonchev–Trinajstić information content (AvgIpc) is 2.79. The highest BCUT2D eigenvalue weighted by molar-refractivity contribution is 5.92. The Morgan fingerprint density at radius 3 is 2.55 bits per heavy atom. The predicted molar refractivity (Wildman–Crippen MR) is 75.1 cm³/mol. The van der Waals surface area contributed by atoms with Gasteiger partial charge in [-0.25, -0.2) is 9.78 Å². The van der Waals surface area contributed by atoms with Gasteiger partial charge in [-0.05, 0) is 20.8 Å². The first-order valence-corrected chi connectivity index (χ1v) is 6.80. The molecule has 7 heteroatoms. The minimum absolute atomic E-state index is 0.0563. The Labute approximate surface area is 118 Å². The van der Waals surface area contributed by atoms with Crippen LogP contribution in [0.25, 0.3) is 0 Å². The molecule has 20 heavy (non-hydrogen) atoms. The van der Waals surface area contributed by atoms with Gasteiger partial charge in [0.1, 0.15) is 5.82 Å². The van der Waals surface area contributed by atoms with E-state index in [1.54, 1.807) is 16.4 Å². The molecule has 0 spiro atoms. The van der Waals surface area contributed by atoms with Crippen LogP contribution < -0.4 is 5.73 Å². The summed E-state index contributed by atoms with van der Waals surface area (Å²) in [5.41, 5.74) is 5.94. The van der Waals surface area contributed by atoms with Gasteiger partial charge in [0, 0.05) is 26.1 Å². The van der Waals surface area contributed by atoms with Crippen LogP contribution in [0.4, 0.5) is 5.82 Å². The average molecular weight is 282 g/mol. The fraction of sp³-hybridized carbons (Fsp3) is 0.615. The topological polar surface area (TPSA) is 90.4 Å². The Morgan fingerprint density at radius 1 is 1.35 bits per heavy atom. The maximum absolute atomic E-state index is 11.9. The lowest BCUT2D eigenvalue weighted by Gasteiger charge is -2.18. The van der Waals surface area contributed by atoms with Crippen LogP contribution >= 0.6 is 0 Å².